The SMILES string of the molecule is Cc1ccc(NC(=O)c2cc(C(=O)Nc3cccc(F)c3)ccn2)cc1. The van der Waals surface area contributed by atoms with E-state index in [9.17, 15) is 14.0 Å². The number of carbonyl (C=O) groups is 2. The summed E-state index contributed by atoms with van der Waals surface area (Å²) in [7, 11) is 0. The monoisotopic (exact) mass is 349 g/mol. The highest BCUT2D eigenvalue weighted by Crippen LogP contribution is 2.13. The first-order valence-corrected chi connectivity index (χ1v) is 7.92. The van der Waals surface area contributed by atoms with Gasteiger partial charge in [-0.1, -0.05) is 23.8 Å². The van der Waals surface area contributed by atoms with Crippen LogP contribution in [-0.2, 0) is 0 Å². The van der Waals surface area contributed by atoms with Crippen molar-refractivity contribution >= 4 is 23.2 Å². The number of anilines is 2. The maximum Gasteiger partial charge on any atom is 0.274 e. The van der Waals surface area contributed by atoms with E-state index in [-0.39, 0.29) is 11.3 Å². The van der Waals surface area contributed by atoms with Crippen LogP contribution < -0.4 is 10.6 Å². The maximum absolute atomic E-state index is 13.2. The number of rotatable bonds is 4. The highest BCUT2D eigenvalue weighted by atomic mass is 19.1. The topological polar surface area (TPSA) is 71.1 Å². The number of halogens is 1. The number of benzene rings is 2. The summed E-state index contributed by atoms with van der Waals surface area (Å²) in [6, 6.07) is 15.8. The van der Waals surface area contributed by atoms with Crippen molar-refractivity contribution in [2.75, 3.05) is 10.6 Å². The lowest BCUT2D eigenvalue weighted by molar-refractivity contribution is 0.102. The number of nitrogens with one attached hydrogen (secondary N) is 2. The van der Waals surface area contributed by atoms with Gasteiger partial charge in [0, 0.05) is 23.1 Å². The van der Waals surface area contributed by atoms with Crippen LogP contribution in [0.15, 0.2) is 66.9 Å². The Balaban J connectivity index is 1.73. The third kappa shape index (κ3) is 4.30. The van der Waals surface area contributed by atoms with Crippen molar-refractivity contribution in [2.24, 2.45) is 0 Å². The number of hydrogen-bond donors (Lipinski definition) is 2. The van der Waals surface area contributed by atoms with Gasteiger partial charge in [0.1, 0.15) is 11.5 Å². The number of aryl methyl sites for hydroxylation is 1. The minimum absolute atomic E-state index is 0.109. The Morgan fingerprint density at radius 1 is 0.885 bits per heavy atom. The molecule has 1 heterocycles. The summed E-state index contributed by atoms with van der Waals surface area (Å²) in [5.41, 5.74) is 2.41. The molecule has 2 aromatic carbocycles. The Morgan fingerprint density at radius 2 is 1.62 bits per heavy atom. The molecule has 3 aromatic rings. The van der Waals surface area contributed by atoms with E-state index in [1.807, 2.05) is 19.1 Å². The molecule has 5 nitrogen and oxygen atoms in total. The standard InChI is InChI=1S/C20H16FN3O2/c1-13-5-7-16(8-6-13)23-20(26)18-11-14(9-10-22-18)19(25)24-17-4-2-3-15(21)12-17/h2-12H,1H3,(H,23,26)(H,24,25). The Bertz CT molecular complexity index is 955. The molecule has 26 heavy (non-hydrogen) atoms. The Morgan fingerprint density at radius 3 is 2.35 bits per heavy atom. The summed E-state index contributed by atoms with van der Waals surface area (Å²) >= 11 is 0. The van der Waals surface area contributed by atoms with Crippen LogP contribution in [0, 0.1) is 12.7 Å². The second-order valence-corrected chi connectivity index (χ2v) is 5.71. The van der Waals surface area contributed by atoms with Gasteiger partial charge < -0.3 is 10.6 Å². The van der Waals surface area contributed by atoms with Gasteiger partial charge in [0.05, 0.1) is 0 Å². The van der Waals surface area contributed by atoms with Crippen LogP contribution in [0.25, 0.3) is 0 Å². The van der Waals surface area contributed by atoms with Crippen LogP contribution in [-0.4, -0.2) is 16.8 Å². The highest BCUT2D eigenvalue weighted by molar-refractivity contribution is 6.07. The molecule has 2 amide bonds. The minimum Gasteiger partial charge on any atom is -0.322 e. The maximum atomic E-state index is 13.2. The first kappa shape index (κ1) is 17.3. The summed E-state index contributed by atoms with van der Waals surface area (Å²) in [5, 5.41) is 5.31. The molecule has 1 aromatic heterocycles. The molecule has 0 bridgehead atoms. The fraction of sp³-hybridized carbons (Fsp3) is 0.0500. The van der Waals surface area contributed by atoms with E-state index < -0.39 is 17.6 Å². The molecule has 2 N–H and O–H groups in total. The van der Waals surface area contributed by atoms with Crippen molar-refractivity contribution in [2.45, 2.75) is 6.92 Å². The molecule has 0 spiro atoms. The minimum atomic E-state index is -0.456. The van der Waals surface area contributed by atoms with Gasteiger partial charge in [-0.15, -0.1) is 0 Å². The molecular formula is C20H16FN3O2. The van der Waals surface area contributed by atoms with Crippen LogP contribution >= 0.6 is 0 Å². The van der Waals surface area contributed by atoms with Gasteiger partial charge in [0.25, 0.3) is 11.8 Å². The average molecular weight is 349 g/mol. The predicted octanol–water partition coefficient (Wildman–Crippen LogP) is 4.03. The van der Waals surface area contributed by atoms with Gasteiger partial charge in [-0.25, -0.2) is 4.39 Å². The zero-order chi connectivity index (χ0) is 18.5. The van der Waals surface area contributed by atoms with E-state index >= 15 is 0 Å². The van der Waals surface area contributed by atoms with Crippen LogP contribution in [0.5, 0.6) is 0 Å². The van der Waals surface area contributed by atoms with E-state index in [4.69, 9.17) is 0 Å². The number of hydrogen-bond acceptors (Lipinski definition) is 3. The van der Waals surface area contributed by atoms with Gasteiger partial charge in [-0.05, 0) is 49.4 Å². The fourth-order valence-electron chi connectivity index (χ4n) is 2.30. The normalized spacial score (nSPS) is 10.2. The lowest BCUT2D eigenvalue weighted by Crippen LogP contribution is -2.17. The van der Waals surface area contributed by atoms with Crippen LogP contribution in [0.3, 0.4) is 0 Å². The Hall–Kier alpha value is -3.54. The number of amides is 2. The molecule has 0 saturated carbocycles. The van der Waals surface area contributed by atoms with Crippen molar-refractivity contribution in [1.29, 1.82) is 0 Å². The lowest BCUT2D eigenvalue weighted by atomic mass is 10.2. The summed E-state index contributed by atoms with van der Waals surface area (Å²) in [5.74, 6) is -1.33. The van der Waals surface area contributed by atoms with Crippen molar-refractivity contribution in [3.8, 4) is 0 Å². The summed E-state index contributed by atoms with van der Waals surface area (Å²) in [6.07, 6.45) is 1.38. The number of aromatic nitrogens is 1. The van der Waals surface area contributed by atoms with Crippen molar-refractivity contribution in [3.63, 3.8) is 0 Å². The van der Waals surface area contributed by atoms with Crippen molar-refractivity contribution in [3.05, 3.63) is 89.5 Å². The van der Waals surface area contributed by atoms with Crippen LogP contribution in [0.4, 0.5) is 15.8 Å². The molecule has 130 valence electrons. The average Bonchev–Trinajstić information content (AvgIpc) is 2.64. The molecule has 0 aliphatic heterocycles. The summed E-state index contributed by atoms with van der Waals surface area (Å²) < 4.78 is 13.2. The fourth-order valence-corrected chi connectivity index (χ4v) is 2.30. The predicted molar refractivity (Wildman–Crippen MR) is 97.7 cm³/mol. The van der Waals surface area contributed by atoms with E-state index in [0.717, 1.165) is 5.56 Å². The first-order valence-electron chi connectivity index (χ1n) is 7.92. The van der Waals surface area contributed by atoms with E-state index in [0.29, 0.717) is 11.4 Å². The molecule has 0 radical (unpaired) electrons. The van der Waals surface area contributed by atoms with Gasteiger partial charge in [-0.3, -0.25) is 14.6 Å². The molecule has 0 unspecified atom stereocenters. The molecule has 0 saturated heterocycles. The zero-order valence-electron chi connectivity index (χ0n) is 14.0. The summed E-state index contributed by atoms with van der Waals surface area (Å²) in [4.78, 5) is 28.6. The summed E-state index contributed by atoms with van der Waals surface area (Å²) in [6.45, 7) is 1.95. The molecule has 6 heteroatoms. The quantitative estimate of drug-likeness (QED) is 0.747. The van der Waals surface area contributed by atoms with Crippen molar-refractivity contribution in [1.82, 2.24) is 4.98 Å². The molecule has 0 fully saturated rings. The molecular weight excluding hydrogens is 333 g/mol. The Labute approximate surface area is 149 Å². The Kier molecular flexibility index (Phi) is 5.03. The largest absolute Gasteiger partial charge is 0.322 e. The van der Waals surface area contributed by atoms with Gasteiger partial charge in [0.2, 0.25) is 0 Å². The molecule has 0 aliphatic carbocycles. The molecule has 0 aliphatic rings. The van der Waals surface area contributed by atoms with E-state index in [1.165, 1.54) is 36.5 Å². The number of nitrogens with zero attached hydrogens (tertiary/aromatic N) is 1. The molecule has 0 atom stereocenters. The van der Waals surface area contributed by atoms with E-state index in [2.05, 4.69) is 15.6 Å². The first-order chi connectivity index (χ1) is 12.5. The van der Waals surface area contributed by atoms with Crippen LogP contribution in [0.2, 0.25) is 0 Å². The second kappa shape index (κ2) is 7.57. The lowest BCUT2D eigenvalue weighted by Gasteiger charge is -2.08. The van der Waals surface area contributed by atoms with Gasteiger partial charge in [-0.2, -0.15) is 0 Å². The third-order valence-electron chi connectivity index (χ3n) is 3.65. The van der Waals surface area contributed by atoms with Gasteiger partial charge >= 0.3 is 0 Å². The zero-order valence-corrected chi connectivity index (χ0v) is 14.0. The number of carbonyl (C=O) groups excluding carboxylic acids is 2. The van der Waals surface area contributed by atoms with E-state index in [1.54, 1.807) is 18.2 Å². The van der Waals surface area contributed by atoms with Crippen LogP contribution in [0.1, 0.15) is 26.4 Å². The highest BCUT2D eigenvalue weighted by Gasteiger charge is 2.12. The smallest absolute Gasteiger partial charge is 0.274 e. The van der Waals surface area contributed by atoms with Gasteiger partial charge in [0.15, 0.2) is 0 Å². The van der Waals surface area contributed by atoms with Crippen molar-refractivity contribution < 1.29 is 14.0 Å². The number of pyridine rings is 1. The second-order valence-electron chi connectivity index (χ2n) is 5.71. The molecule has 3 rings (SSSR count). The third-order valence-corrected chi connectivity index (χ3v) is 3.65.